The number of carbonyl (C=O) groups is 1. The Balaban J connectivity index is 1.46. The van der Waals surface area contributed by atoms with Gasteiger partial charge >= 0.3 is 0 Å². The zero-order valence-corrected chi connectivity index (χ0v) is 15.5. The third-order valence-electron chi connectivity index (χ3n) is 5.31. The third kappa shape index (κ3) is 3.72. The Bertz CT molecular complexity index is 947. The highest BCUT2D eigenvalue weighted by molar-refractivity contribution is 5.78. The summed E-state index contributed by atoms with van der Waals surface area (Å²) >= 11 is 0. The summed E-state index contributed by atoms with van der Waals surface area (Å²) in [5.74, 6) is 1.59. The molecule has 27 heavy (non-hydrogen) atoms. The van der Waals surface area contributed by atoms with Gasteiger partial charge < -0.3 is 14.5 Å². The van der Waals surface area contributed by atoms with Crippen LogP contribution in [0.5, 0.6) is 0 Å². The van der Waals surface area contributed by atoms with Crippen molar-refractivity contribution < 1.29 is 9.18 Å². The number of amides is 1. The van der Waals surface area contributed by atoms with Crippen LogP contribution in [0.3, 0.4) is 0 Å². The number of aryl methyl sites for hydroxylation is 2. The lowest BCUT2D eigenvalue weighted by Crippen LogP contribution is -2.39. The monoisotopic (exact) mass is 369 g/mol. The summed E-state index contributed by atoms with van der Waals surface area (Å²) < 4.78 is 15.5. The van der Waals surface area contributed by atoms with Crippen LogP contribution in [0, 0.1) is 12.7 Å². The van der Waals surface area contributed by atoms with Crippen LogP contribution in [0.25, 0.3) is 11.0 Å². The Morgan fingerprint density at radius 2 is 2.26 bits per heavy atom. The predicted molar refractivity (Wildman–Crippen MR) is 101 cm³/mol. The van der Waals surface area contributed by atoms with Gasteiger partial charge in [0.15, 0.2) is 0 Å². The zero-order valence-electron chi connectivity index (χ0n) is 15.5. The molecule has 6 nitrogen and oxygen atoms in total. The molecule has 1 atom stereocenters. The molecule has 1 aliphatic rings. The molecule has 4 rings (SSSR count). The number of imidazole rings is 2. The molecule has 1 amide bonds. The van der Waals surface area contributed by atoms with Crippen molar-refractivity contribution in [3.05, 3.63) is 48.1 Å². The highest BCUT2D eigenvalue weighted by Gasteiger charge is 2.29. The van der Waals surface area contributed by atoms with Gasteiger partial charge in [0.1, 0.15) is 17.5 Å². The van der Waals surface area contributed by atoms with Crippen molar-refractivity contribution in [3.8, 4) is 0 Å². The molecule has 3 heterocycles. The molecule has 2 aromatic heterocycles. The molecule has 1 fully saturated rings. The van der Waals surface area contributed by atoms with Gasteiger partial charge in [-0.1, -0.05) is 0 Å². The number of nitrogens with one attached hydrogen (secondary N) is 1. The highest BCUT2D eigenvalue weighted by atomic mass is 19.1. The molecule has 1 aromatic carbocycles. The van der Waals surface area contributed by atoms with Gasteiger partial charge in [-0.2, -0.15) is 0 Å². The summed E-state index contributed by atoms with van der Waals surface area (Å²) in [5, 5.41) is 0. The number of likely N-dealkylation sites (tertiary alicyclic amines) is 1. The van der Waals surface area contributed by atoms with Crippen LogP contribution in [0.4, 0.5) is 4.39 Å². The van der Waals surface area contributed by atoms with Crippen molar-refractivity contribution in [1.29, 1.82) is 0 Å². The molecule has 0 aliphatic carbocycles. The molecule has 0 saturated carbocycles. The Hall–Kier alpha value is -2.70. The van der Waals surface area contributed by atoms with E-state index in [9.17, 15) is 9.18 Å². The lowest BCUT2D eigenvalue weighted by Gasteiger charge is -2.34. The minimum atomic E-state index is -0.288. The number of nitrogens with zero attached hydrogens (tertiary/aromatic N) is 4. The smallest absolute Gasteiger partial charge is 0.223 e. The molecule has 1 saturated heterocycles. The summed E-state index contributed by atoms with van der Waals surface area (Å²) in [6, 6.07) is 4.48. The average molecular weight is 369 g/mol. The lowest BCUT2D eigenvalue weighted by atomic mass is 10.0. The first kappa shape index (κ1) is 17.7. The van der Waals surface area contributed by atoms with Crippen molar-refractivity contribution in [1.82, 2.24) is 24.4 Å². The maximum Gasteiger partial charge on any atom is 0.223 e. The van der Waals surface area contributed by atoms with E-state index in [2.05, 4.69) is 19.5 Å². The van der Waals surface area contributed by atoms with Gasteiger partial charge in [0.2, 0.25) is 5.91 Å². The summed E-state index contributed by atoms with van der Waals surface area (Å²) in [6.45, 7) is 3.51. The van der Waals surface area contributed by atoms with Crippen molar-refractivity contribution >= 4 is 16.9 Å². The number of aromatic amines is 1. The van der Waals surface area contributed by atoms with E-state index in [1.54, 1.807) is 12.3 Å². The fraction of sp³-hybridized carbons (Fsp3) is 0.450. The van der Waals surface area contributed by atoms with Gasteiger partial charge in [0.25, 0.3) is 0 Å². The first-order valence-electron chi connectivity index (χ1n) is 9.54. The number of piperidine rings is 1. The largest absolute Gasteiger partial charge is 0.340 e. The fourth-order valence-electron chi connectivity index (χ4n) is 3.86. The van der Waals surface area contributed by atoms with Crippen LogP contribution in [0.1, 0.15) is 49.8 Å². The van der Waals surface area contributed by atoms with Gasteiger partial charge in [0.05, 0.1) is 17.1 Å². The third-order valence-corrected chi connectivity index (χ3v) is 5.31. The minimum absolute atomic E-state index is 0.0586. The van der Waals surface area contributed by atoms with Crippen LogP contribution in [0.2, 0.25) is 0 Å². The Morgan fingerprint density at radius 1 is 1.37 bits per heavy atom. The maximum atomic E-state index is 13.5. The molecule has 0 unspecified atom stereocenters. The van der Waals surface area contributed by atoms with Crippen LogP contribution in [-0.4, -0.2) is 36.9 Å². The number of benzene rings is 1. The predicted octanol–water partition coefficient (Wildman–Crippen LogP) is 3.74. The molecule has 0 spiro atoms. The maximum absolute atomic E-state index is 13.5. The number of halogens is 1. The van der Waals surface area contributed by atoms with Crippen molar-refractivity contribution in [3.63, 3.8) is 0 Å². The van der Waals surface area contributed by atoms with Crippen molar-refractivity contribution in [2.45, 2.75) is 51.6 Å². The zero-order chi connectivity index (χ0) is 18.8. The molecule has 0 bridgehead atoms. The molecular formula is C20H24FN5O. The summed E-state index contributed by atoms with van der Waals surface area (Å²) in [5.41, 5.74) is 1.42. The summed E-state index contributed by atoms with van der Waals surface area (Å²) in [7, 11) is 0. The van der Waals surface area contributed by atoms with Crippen LogP contribution in [0.15, 0.2) is 30.6 Å². The van der Waals surface area contributed by atoms with E-state index in [0.29, 0.717) is 11.9 Å². The minimum Gasteiger partial charge on any atom is -0.340 e. The van der Waals surface area contributed by atoms with E-state index in [-0.39, 0.29) is 17.8 Å². The van der Waals surface area contributed by atoms with E-state index < -0.39 is 0 Å². The Morgan fingerprint density at radius 3 is 3.07 bits per heavy atom. The summed E-state index contributed by atoms with van der Waals surface area (Å²) in [6.07, 6.45) is 7.97. The second-order valence-electron chi connectivity index (χ2n) is 7.15. The molecule has 1 N–H and O–H groups in total. The average Bonchev–Trinajstić information content (AvgIpc) is 3.27. The van der Waals surface area contributed by atoms with Gasteiger partial charge in [-0.3, -0.25) is 4.79 Å². The number of H-pyrrole nitrogens is 1. The van der Waals surface area contributed by atoms with Gasteiger partial charge in [0, 0.05) is 31.9 Å². The number of hydrogen-bond donors (Lipinski definition) is 1. The fourth-order valence-corrected chi connectivity index (χ4v) is 3.86. The van der Waals surface area contributed by atoms with Crippen LogP contribution >= 0.6 is 0 Å². The number of aromatic nitrogens is 4. The van der Waals surface area contributed by atoms with E-state index >= 15 is 0 Å². The van der Waals surface area contributed by atoms with Crippen molar-refractivity contribution in [2.75, 3.05) is 6.54 Å². The second kappa shape index (κ2) is 7.50. The number of fused-ring (bicyclic) bond motifs is 1. The Labute approximate surface area is 157 Å². The lowest BCUT2D eigenvalue weighted by molar-refractivity contribution is -0.135. The topological polar surface area (TPSA) is 66.8 Å². The molecule has 142 valence electrons. The first-order valence-corrected chi connectivity index (χ1v) is 9.54. The van der Waals surface area contributed by atoms with E-state index in [1.165, 1.54) is 12.1 Å². The Kier molecular flexibility index (Phi) is 4.92. The van der Waals surface area contributed by atoms with Gasteiger partial charge in [-0.05, 0) is 50.8 Å². The second-order valence-corrected chi connectivity index (χ2v) is 7.15. The summed E-state index contributed by atoms with van der Waals surface area (Å²) in [4.78, 5) is 26.9. The quantitative estimate of drug-likeness (QED) is 0.745. The van der Waals surface area contributed by atoms with Crippen molar-refractivity contribution in [2.24, 2.45) is 0 Å². The first-order chi connectivity index (χ1) is 13.1. The molecule has 0 radical (unpaired) electrons. The standard InChI is InChI=1S/C20H24FN5O/c1-14-22-9-12-25(14)10-4-6-19(27)26-11-3-2-5-18(26)20-23-16-8-7-15(21)13-17(16)24-20/h7-9,12-13,18H,2-6,10-11H2,1H3,(H,23,24)/t18-/m1/s1. The van der Waals surface area contributed by atoms with Gasteiger partial charge in [-0.25, -0.2) is 14.4 Å². The van der Waals surface area contributed by atoms with E-state index in [1.807, 2.05) is 18.0 Å². The number of rotatable bonds is 5. The molecule has 7 heteroatoms. The molecule has 3 aromatic rings. The highest BCUT2D eigenvalue weighted by Crippen LogP contribution is 2.31. The van der Waals surface area contributed by atoms with E-state index in [4.69, 9.17) is 0 Å². The SMILES string of the molecule is Cc1nccn1CCCC(=O)N1CCCC[C@@H]1c1nc2ccc(F)cc2[nH]1. The molecular weight excluding hydrogens is 345 g/mol. The van der Waals surface area contributed by atoms with Crippen LogP contribution < -0.4 is 0 Å². The molecule has 1 aliphatic heterocycles. The van der Waals surface area contributed by atoms with Gasteiger partial charge in [-0.15, -0.1) is 0 Å². The number of carbonyl (C=O) groups excluding carboxylic acids is 1. The van der Waals surface area contributed by atoms with Crippen LogP contribution in [-0.2, 0) is 11.3 Å². The normalized spacial score (nSPS) is 17.6. The number of hydrogen-bond acceptors (Lipinski definition) is 3. The van der Waals surface area contributed by atoms with E-state index in [0.717, 1.165) is 55.9 Å².